The summed E-state index contributed by atoms with van der Waals surface area (Å²) in [5.74, 6) is -0.823. The van der Waals surface area contributed by atoms with Crippen molar-refractivity contribution in [1.29, 1.82) is 0 Å². The number of nitrogens with zero attached hydrogens (tertiary/aromatic N) is 4. The van der Waals surface area contributed by atoms with Crippen molar-refractivity contribution >= 4 is 34.5 Å². The minimum absolute atomic E-state index is 0.00579. The number of pyridine rings is 1. The van der Waals surface area contributed by atoms with Gasteiger partial charge < -0.3 is 9.80 Å². The zero-order valence-electron chi connectivity index (χ0n) is 17.3. The summed E-state index contributed by atoms with van der Waals surface area (Å²) >= 11 is 0. The lowest BCUT2D eigenvalue weighted by atomic mass is 9.99. The van der Waals surface area contributed by atoms with Crippen LogP contribution in [0.1, 0.15) is 40.9 Å². The van der Waals surface area contributed by atoms with E-state index in [2.05, 4.69) is 0 Å². The molecule has 8 nitrogen and oxygen atoms in total. The van der Waals surface area contributed by atoms with Crippen molar-refractivity contribution in [1.82, 2.24) is 19.7 Å². The largest absolute Gasteiger partial charge is 0.338 e. The first-order chi connectivity index (χ1) is 15.0. The van der Waals surface area contributed by atoms with Crippen LogP contribution in [0.5, 0.6) is 0 Å². The predicted octanol–water partition coefficient (Wildman–Crippen LogP) is 1.16. The van der Waals surface area contributed by atoms with Crippen LogP contribution in [-0.2, 0) is 27.2 Å². The monoisotopic (exact) mass is 420 g/mol. The highest BCUT2D eigenvalue weighted by molar-refractivity contribution is 6.08. The summed E-state index contributed by atoms with van der Waals surface area (Å²) in [6.07, 6.45) is 3.13. The molecule has 5 rings (SSSR count). The molecule has 2 aromatic rings. The topological polar surface area (TPSA) is 90.9 Å². The number of carbonyl (C=O) groups excluding carboxylic acids is 4. The van der Waals surface area contributed by atoms with Gasteiger partial charge in [0.05, 0.1) is 11.1 Å². The summed E-state index contributed by atoms with van der Waals surface area (Å²) in [4.78, 5) is 58.9. The van der Waals surface area contributed by atoms with Crippen LogP contribution in [0.2, 0.25) is 0 Å². The van der Waals surface area contributed by atoms with Crippen LogP contribution >= 0.6 is 0 Å². The lowest BCUT2D eigenvalue weighted by molar-refractivity contribution is -0.146. The maximum Gasteiger partial charge on any atom is 0.255 e. The molecule has 0 unspecified atom stereocenters. The van der Waals surface area contributed by atoms with E-state index in [0.29, 0.717) is 26.2 Å². The molecule has 3 aliphatic rings. The fourth-order valence-electron chi connectivity index (χ4n) is 4.81. The van der Waals surface area contributed by atoms with E-state index in [9.17, 15) is 19.2 Å². The number of rotatable bonds is 3. The summed E-state index contributed by atoms with van der Waals surface area (Å²) in [7, 11) is 0. The highest BCUT2D eigenvalue weighted by Gasteiger charge is 2.34. The van der Waals surface area contributed by atoms with Gasteiger partial charge in [0.2, 0.25) is 17.7 Å². The number of aromatic nitrogens is 1. The summed E-state index contributed by atoms with van der Waals surface area (Å²) in [6.45, 7) is 1.45. The fourth-order valence-corrected chi connectivity index (χ4v) is 4.81. The number of benzene rings is 1. The molecule has 1 aromatic heterocycles. The average Bonchev–Trinajstić information content (AvgIpc) is 3.38. The number of hydrogen-bond acceptors (Lipinski definition) is 5. The average molecular weight is 420 g/mol. The summed E-state index contributed by atoms with van der Waals surface area (Å²) in [5, 5.41) is 0.887. The molecule has 1 aliphatic carbocycles. The zero-order chi connectivity index (χ0) is 21.5. The van der Waals surface area contributed by atoms with E-state index in [1.54, 1.807) is 9.80 Å². The fraction of sp³-hybridized carbons (Fsp3) is 0.435. The second kappa shape index (κ2) is 7.76. The van der Waals surface area contributed by atoms with Gasteiger partial charge in [-0.05, 0) is 30.9 Å². The van der Waals surface area contributed by atoms with Crippen LogP contribution in [-0.4, -0.2) is 76.0 Å². The predicted molar refractivity (Wildman–Crippen MR) is 112 cm³/mol. The van der Waals surface area contributed by atoms with Crippen LogP contribution in [0, 0.1) is 0 Å². The number of fused-ring (bicyclic) bond motifs is 2. The van der Waals surface area contributed by atoms with Crippen LogP contribution in [0.15, 0.2) is 24.3 Å². The second-order valence-corrected chi connectivity index (χ2v) is 8.33. The molecule has 0 radical (unpaired) electrons. The first-order valence-corrected chi connectivity index (χ1v) is 10.8. The first-order valence-electron chi connectivity index (χ1n) is 10.8. The Morgan fingerprint density at radius 3 is 2.29 bits per heavy atom. The van der Waals surface area contributed by atoms with Crippen LogP contribution in [0.4, 0.5) is 0 Å². The molecular weight excluding hydrogens is 396 g/mol. The smallest absolute Gasteiger partial charge is 0.255 e. The molecule has 1 aromatic carbocycles. The van der Waals surface area contributed by atoms with Gasteiger partial charge in [0, 0.05) is 50.1 Å². The third-order valence-corrected chi connectivity index (χ3v) is 6.50. The number of imide groups is 1. The Labute approximate surface area is 179 Å². The quantitative estimate of drug-likeness (QED) is 0.695. The van der Waals surface area contributed by atoms with E-state index in [-0.39, 0.29) is 43.0 Å². The molecule has 2 fully saturated rings. The Morgan fingerprint density at radius 2 is 1.55 bits per heavy atom. The second-order valence-electron chi connectivity index (χ2n) is 8.33. The van der Waals surface area contributed by atoms with Crippen molar-refractivity contribution in [2.45, 2.75) is 32.1 Å². The highest BCUT2D eigenvalue weighted by atomic mass is 16.2. The van der Waals surface area contributed by atoms with Gasteiger partial charge in [-0.1, -0.05) is 18.2 Å². The van der Waals surface area contributed by atoms with Gasteiger partial charge >= 0.3 is 0 Å². The molecule has 0 spiro atoms. The Kier molecular flexibility index (Phi) is 4.92. The highest BCUT2D eigenvalue weighted by Crippen LogP contribution is 2.31. The Morgan fingerprint density at radius 1 is 0.871 bits per heavy atom. The van der Waals surface area contributed by atoms with Crippen molar-refractivity contribution < 1.29 is 19.2 Å². The first kappa shape index (κ1) is 19.7. The van der Waals surface area contributed by atoms with E-state index >= 15 is 0 Å². The van der Waals surface area contributed by atoms with Gasteiger partial charge in [-0.15, -0.1) is 0 Å². The van der Waals surface area contributed by atoms with Crippen molar-refractivity contribution in [3.8, 4) is 0 Å². The van der Waals surface area contributed by atoms with Crippen molar-refractivity contribution in [2.24, 2.45) is 0 Å². The number of piperazine rings is 1. The number of likely N-dealkylation sites (tertiary alicyclic amines) is 1. The van der Waals surface area contributed by atoms with E-state index < -0.39 is 0 Å². The standard InChI is InChI=1S/C23H24N4O4/c28-19-8-9-20(29)27(19)14-21(30)25-10-12-26(13-11-25)23(31)22-15-4-1-2-6-17(15)24-18-7-3-5-16(18)22/h1-2,4,6H,3,5,7-14H2. The van der Waals surface area contributed by atoms with Crippen LogP contribution < -0.4 is 0 Å². The van der Waals surface area contributed by atoms with Gasteiger partial charge in [-0.3, -0.25) is 29.1 Å². The SMILES string of the molecule is O=C(CN1C(=O)CCC1=O)N1CCN(C(=O)c2c3c(nc4ccccc24)CCC3)CC1. The van der Waals surface area contributed by atoms with E-state index in [1.165, 1.54) is 0 Å². The molecule has 0 saturated carbocycles. The number of aryl methyl sites for hydroxylation is 1. The number of amides is 4. The van der Waals surface area contributed by atoms with Crippen molar-refractivity contribution in [2.75, 3.05) is 32.7 Å². The third-order valence-electron chi connectivity index (χ3n) is 6.50. The Bertz CT molecular complexity index is 1090. The molecule has 0 atom stereocenters. The lowest BCUT2D eigenvalue weighted by Gasteiger charge is -2.35. The number of para-hydroxylation sites is 1. The summed E-state index contributed by atoms with van der Waals surface area (Å²) < 4.78 is 0. The normalized spacial score (nSPS) is 18.8. The van der Waals surface area contributed by atoms with Crippen molar-refractivity contribution in [3.63, 3.8) is 0 Å². The van der Waals surface area contributed by atoms with Gasteiger partial charge in [0.25, 0.3) is 5.91 Å². The van der Waals surface area contributed by atoms with Gasteiger partial charge in [0.15, 0.2) is 0 Å². The molecule has 31 heavy (non-hydrogen) atoms. The van der Waals surface area contributed by atoms with Gasteiger partial charge in [0.1, 0.15) is 6.54 Å². The van der Waals surface area contributed by atoms with E-state index in [1.807, 2.05) is 24.3 Å². The maximum absolute atomic E-state index is 13.5. The minimum Gasteiger partial charge on any atom is -0.338 e. The zero-order valence-corrected chi connectivity index (χ0v) is 17.3. The van der Waals surface area contributed by atoms with Gasteiger partial charge in [-0.25, -0.2) is 0 Å². The maximum atomic E-state index is 13.5. The molecule has 0 N–H and O–H groups in total. The molecule has 0 bridgehead atoms. The molecule has 3 heterocycles. The van der Waals surface area contributed by atoms with Gasteiger partial charge in [-0.2, -0.15) is 0 Å². The van der Waals surface area contributed by atoms with Crippen molar-refractivity contribution in [3.05, 3.63) is 41.1 Å². The summed E-state index contributed by atoms with van der Waals surface area (Å²) in [5.41, 5.74) is 3.69. The molecule has 2 aliphatic heterocycles. The Balaban J connectivity index is 1.31. The van der Waals surface area contributed by atoms with Crippen LogP contribution in [0.3, 0.4) is 0 Å². The molecule has 4 amide bonds. The minimum atomic E-state index is -0.286. The number of carbonyl (C=O) groups is 4. The molecular formula is C23H24N4O4. The number of hydrogen-bond donors (Lipinski definition) is 0. The Hall–Kier alpha value is -3.29. The lowest BCUT2D eigenvalue weighted by Crippen LogP contribution is -2.53. The summed E-state index contributed by atoms with van der Waals surface area (Å²) in [6, 6.07) is 7.77. The van der Waals surface area contributed by atoms with E-state index in [4.69, 9.17) is 4.98 Å². The molecule has 2 saturated heterocycles. The third kappa shape index (κ3) is 3.45. The molecule has 8 heteroatoms. The van der Waals surface area contributed by atoms with E-state index in [0.717, 1.165) is 51.9 Å². The van der Waals surface area contributed by atoms with Crippen LogP contribution in [0.25, 0.3) is 10.9 Å². The molecule has 160 valence electrons.